The van der Waals surface area contributed by atoms with Gasteiger partial charge in [0.1, 0.15) is 16.9 Å². The maximum Gasteiger partial charge on any atom is 0.348 e. The number of rotatable bonds is 5. The number of imidazole rings is 1. The summed E-state index contributed by atoms with van der Waals surface area (Å²) in [6, 6.07) is 3.76. The van der Waals surface area contributed by atoms with Gasteiger partial charge in [0.25, 0.3) is 0 Å². The van der Waals surface area contributed by atoms with Crippen LogP contribution in [0.25, 0.3) is 27.8 Å². The van der Waals surface area contributed by atoms with Crippen molar-refractivity contribution in [3.63, 3.8) is 0 Å². The third-order valence-corrected chi connectivity index (χ3v) is 8.35. The molecule has 0 aliphatic heterocycles. The molecule has 2 aromatic carbocycles. The van der Waals surface area contributed by atoms with Gasteiger partial charge in [0.2, 0.25) is 10.0 Å². The molecule has 4 aromatic rings. The fraction of sp³-hybridized carbons (Fsp3) is 0.304. The highest BCUT2D eigenvalue weighted by Gasteiger charge is 2.56. The largest absolute Gasteiger partial charge is 0.441 e. The SMILES string of the molecule is C=CCC1(S(=O)(=O)n2c(=O)n(-c3ccc(C)cc3F)c3c(F)c(F)c4ncoc4c32)CC1.CC. The van der Waals surface area contributed by atoms with Crippen molar-refractivity contribution in [1.29, 1.82) is 0 Å². The van der Waals surface area contributed by atoms with Crippen LogP contribution >= 0.6 is 0 Å². The molecule has 0 bridgehead atoms. The van der Waals surface area contributed by atoms with E-state index in [9.17, 15) is 22.0 Å². The molecule has 0 atom stereocenters. The fourth-order valence-electron chi connectivity index (χ4n) is 4.07. The smallest absolute Gasteiger partial charge is 0.348 e. The van der Waals surface area contributed by atoms with E-state index in [4.69, 9.17) is 4.42 Å². The molecule has 0 N–H and O–H groups in total. The molecule has 11 heteroatoms. The summed E-state index contributed by atoms with van der Waals surface area (Å²) in [6.45, 7) is 9.18. The van der Waals surface area contributed by atoms with Crippen molar-refractivity contribution in [3.8, 4) is 5.69 Å². The van der Waals surface area contributed by atoms with Gasteiger partial charge < -0.3 is 4.42 Å². The first kappa shape index (κ1) is 23.8. The summed E-state index contributed by atoms with van der Waals surface area (Å²) in [4.78, 5) is 17.1. The summed E-state index contributed by atoms with van der Waals surface area (Å²) in [5, 5.41) is 0. The molecule has 7 nitrogen and oxygen atoms in total. The highest BCUT2D eigenvalue weighted by atomic mass is 32.2. The van der Waals surface area contributed by atoms with Gasteiger partial charge in [0.05, 0.1) is 10.4 Å². The van der Waals surface area contributed by atoms with Crippen molar-refractivity contribution < 1.29 is 26.0 Å². The van der Waals surface area contributed by atoms with Crippen LogP contribution in [-0.2, 0) is 10.0 Å². The number of hydrogen-bond donors (Lipinski definition) is 0. The lowest BCUT2D eigenvalue weighted by Gasteiger charge is -2.15. The molecular formula is C23H22F3N3O4S. The average molecular weight is 494 g/mol. The van der Waals surface area contributed by atoms with E-state index in [2.05, 4.69) is 11.6 Å². The van der Waals surface area contributed by atoms with E-state index in [0.717, 1.165) is 12.5 Å². The van der Waals surface area contributed by atoms with Gasteiger partial charge >= 0.3 is 5.69 Å². The zero-order chi connectivity index (χ0) is 25.0. The second-order valence-corrected chi connectivity index (χ2v) is 10.1. The third-order valence-electron chi connectivity index (χ3n) is 5.86. The number of aromatic nitrogens is 3. The van der Waals surface area contributed by atoms with Crippen LogP contribution in [0.1, 0.15) is 38.7 Å². The lowest BCUT2D eigenvalue weighted by atomic mass is 10.2. The highest BCUT2D eigenvalue weighted by molar-refractivity contribution is 7.91. The second kappa shape index (κ2) is 8.15. The Morgan fingerprint density at radius 1 is 1.18 bits per heavy atom. The van der Waals surface area contributed by atoms with E-state index in [1.165, 1.54) is 18.2 Å². The summed E-state index contributed by atoms with van der Waals surface area (Å²) in [6.07, 6.45) is 2.79. The van der Waals surface area contributed by atoms with Crippen LogP contribution in [0.15, 0.2) is 46.5 Å². The molecule has 180 valence electrons. The summed E-state index contributed by atoms with van der Waals surface area (Å²) < 4.78 is 76.8. The van der Waals surface area contributed by atoms with Crippen molar-refractivity contribution in [2.45, 2.75) is 44.8 Å². The minimum absolute atomic E-state index is 0.0521. The molecule has 34 heavy (non-hydrogen) atoms. The van der Waals surface area contributed by atoms with Crippen molar-refractivity contribution in [3.05, 3.63) is 70.7 Å². The predicted octanol–water partition coefficient (Wildman–Crippen LogP) is 4.97. The number of allylic oxidation sites excluding steroid dienone is 1. The van der Waals surface area contributed by atoms with E-state index in [-0.39, 0.29) is 19.3 Å². The van der Waals surface area contributed by atoms with Gasteiger partial charge in [-0.2, -0.15) is 3.97 Å². The lowest BCUT2D eigenvalue weighted by molar-refractivity contribution is 0.519. The Balaban J connectivity index is 0.00000133. The normalized spacial score (nSPS) is 14.8. The summed E-state index contributed by atoms with van der Waals surface area (Å²) >= 11 is 0. The van der Waals surface area contributed by atoms with Crippen LogP contribution < -0.4 is 5.69 Å². The van der Waals surface area contributed by atoms with E-state index in [1.54, 1.807) is 6.92 Å². The van der Waals surface area contributed by atoms with Gasteiger partial charge in [0, 0.05) is 0 Å². The molecule has 1 fully saturated rings. The summed E-state index contributed by atoms with van der Waals surface area (Å²) in [5.74, 6) is -3.89. The van der Waals surface area contributed by atoms with Crippen LogP contribution in [0.4, 0.5) is 13.2 Å². The Bertz CT molecular complexity index is 1610. The number of benzene rings is 2. The van der Waals surface area contributed by atoms with Gasteiger partial charge in [-0.25, -0.2) is 31.4 Å². The van der Waals surface area contributed by atoms with Gasteiger partial charge in [0.15, 0.2) is 29.1 Å². The molecule has 0 amide bonds. The Morgan fingerprint density at radius 3 is 2.44 bits per heavy atom. The minimum Gasteiger partial charge on any atom is -0.441 e. The first-order valence-electron chi connectivity index (χ1n) is 10.6. The van der Waals surface area contributed by atoms with Gasteiger partial charge in [-0.05, 0) is 43.9 Å². The topological polar surface area (TPSA) is 87.1 Å². The number of aryl methyl sites for hydroxylation is 1. The molecule has 2 aromatic heterocycles. The molecule has 5 rings (SSSR count). The molecule has 0 unspecified atom stereocenters. The second-order valence-electron chi connectivity index (χ2n) is 7.87. The molecule has 1 saturated carbocycles. The number of halogens is 3. The van der Waals surface area contributed by atoms with E-state index in [0.29, 0.717) is 14.1 Å². The van der Waals surface area contributed by atoms with Crippen LogP contribution in [0.3, 0.4) is 0 Å². The maximum atomic E-state index is 15.2. The fourth-order valence-corrected chi connectivity index (χ4v) is 6.10. The first-order valence-corrected chi connectivity index (χ1v) is 12.1. The predicted molar refractivity (Wildman–Crippen MR) is 122 cm³/mol. The Kier molecular flexibility index (Phi) is 5.71. The molecular weight excluding hydrogens is 471 g/mol. The summed E-state index contributed by atoms with van der Waals surface area (Å²) in [5.41, 5.74) is -3.46. The Labute approximate surface area is 193 Å². The van der Waals surface area contributed by atoms with Crippen molar-refractivity contribution in [1.82, 2.24) is 13.5 Å². The standard InChI is InChI=1S/C21H16F3N3O4S.C2H6/c1-3-6-21(7-8-21)32(29,30)27-18-17(15(24)14(23)16-19(18)31-10-25-16)26(20(27)28)13-5-4-11(2)9-12(13)22;1-2/h3-5,9-10H,1,6-8H2,2H3;1-2H3. The quantitative estimate of drug-likeness (QED) is 0.366. The van der Waals surface area contributed by atoms with Crippen LogP contribution in [0.5, 0.6) is 0 Å². The van der Waals surface area contributed by atoms with Gasteiger partial charge in [-0.1, -0.05) is 26.0 Å². The number of oxazole rings is 1. The van der Waals surface area contributed by atoms with Crippen molar-refractivity contribution >= 4 is 32.2 Å². The minimum atomic E-state index is -4.44. The van der Waals surface area contributed by atoms with Gasteiger partial charge in [-0.3, -0.25) is 4.57 Å². The zero-order valence-electron chi connectivity index (χ0n) is 18.7. The Hall–Kier alpha value is -3.34. The summed E-state index contributed by atoms with van der Waals surface area (Å²) in [7, 11) is -4.44. The third kappa shape index (κ3) is 3.13. The maximum absolute atomic E-state index is 15.2. The lowest BCUT2D eigenvalue weighted by Crippen LogP contribution is -2.37. The Morgan fingerprint density at radius 2 is 1.85 bits per heavy atom. The average Bonchev–Trinajstić information content (AvgIpc) is 3.31. The van der Waals surface area contributed by atoms with Crippen molar-refractivity contribution in [2.75, 3.05) is 0 Å². The van der Waals surface area contributed by atoms with Crippen LogP contribution in [0, 0.1) is 24.4 Å². The number of hydrogen-bond acceptors (Lipinski definition) is 5. The first-order chi connectivity index (χ1) is 16.1. The number of fused-ring (bicyclic) bond motifs is 3. The van der Waals surface area contributed by atoms with Gasteiger partial charge in [-0.15, -0.1) is 6.58 Å². The van der Waals surface area contributed by atoms with E-state index >= 15 is 4.39 Å². The zero-order valence-corrected chi connectivity index (χ0v) is 19.5. The van der Waals surface area contributed by atoms with E-state index < -0.39 is 65.7 Å². The molecule has 1 aliphatic carbocycles. The number of nitrogens with zero attached hydrogens (tertiary/aromatic N) is 3. The monoisotopic (exact) mass is 493 g/mol. The van der Waals surface area contributed by atoms with Crippen molar-refractivity contribution in [2.24, 2.45) is 0 Å². The van der Waals surface area contributed by atoms with Crippen LogP contribution in [-0.4, -0.2) is 26.7 Å². The molecule has 0 saturated heterocycles. The van der Waals surface area contributed by atoms with Crippen LogP contribution in [0.2, 0.25) is 0 Å². The molecule has 1 aliphatic rings. The highest BCUT2D eigenvalue weighted by Crippen LogP contribution is 2.48. The van der Waals surface area contributed by atoms with E-state index in [1.807, 2.05) is 13.8 Å². The molecule has 2 heterocycles. The molecule has 0 radical (unpaired) electrons. The molecule has 0 spiro atoms.